The summed E-state index contributed by atoms with van der Waals surface area (Å²) in [6.45, 7) is 26.3. The maximum atomic E-state index is 12.3. The lowest BCUT2D eigenvalue weighted by atomic mass is 9.76. The Hall–Kier alpha value is -5.76. The zero-order valence-corrected chi connectivity index (χ0v) is 35.3. The van der Waals surface area contributed by atoms with Crippen LogP contribution in [0.4, 0.5) is 11.4 Å². The third-order valence-corrected chi connectivity index (χ3v) is 10.2. The molecule has 2 aliphatic rings. The number of ether oxygens (including phenoxy) is 2. The Bertz CT molecular complexity index is 2050. The number of benzene rings is 4. The van der Waals surface area contributed by atoms with Crippen LogP contribution < -0.4 is 19.3 Å². The number of carbonyl (C=O) groups is 4. The van der Waals surface area contributed by atoms with Crippen LogP contribution in [0.25, 0.3) is 0 Å². The number of nitrogens with zero attached hydrogens (tertiary/aromatic N) is 2. The Kier molecular flexibility index (Phi) is 10.5. The van der Waals surface area contributed by atoms with Crippen LogP contribution >= 0.6 is 0 Å². The molecule has 8 nitrogen and oxygen atoms in total. The van der Waals surface area contributed by atoms with E-state index in [2.05, 4.69) is 107 Å². The van der Waals surface area contributed by atoms with Crippen molar-refractivity contribution in [3.8, 4) is 23.0 Å². The fourth-order valence-electron chi connectivity index (χ4n) is 7.14. The van der Waals surface area contributed by atoms with Crippen molar-refractivity contribution in [2.24, 2.45) is 0 Å². The molecule has 4 aromatic rings. The highest BCUT2D eigenvalue weighted by Gasteiger charge is 2.32. The van der Waals surface area contributed by atoms with Crippen LogP contribution in [0.15, 0.2) is 97.1 Å². The molecule has 0 aliphatic carbocycles. The lowest BCUT2D eigenvalue weighted by molar-refractivity contribution is -0.121. The van der Waals surface area contributed by atoms with Gasteiger partial charge in [0.1, 0.15) is 23.0 Å². The molecule has 0 aromatic heterocycles. The first-order valence-electron chi connectivity index (χ1n) is 19.5. The molecule has 0 spiro atoms. The molecule has 296 valence electrons. The van der Waals surface area contributed by atoms with Gasteiger partial charge in [-0.3, -0.25) is 19.2 Å². The van der Waals surface area contributed by atoms with Gasteiger partial charge in [0, 0.05) is 46.6 Å². The van der Waals surface area contributed by atoms with Crippen molar-refractivity contribution < 1.29 is 28.7 Å². The van der Waals surface area contributed by atoms with Crippen LogP contribution in [0, 0.1) is 0 Å². The van der Waals surface area contributed by atoms with Gasteiger partial charge in [-0.2, -0.15) is 0 Å². The quantitative estimate of drug-likeness (QED) is 0.166. The van der Waals surface area contributed by atoms with Crippen LogP contribution in [0.5, 0.6) is 23.0 Å². The molecule has 0 fully saturated rings. The van der Waals surface area contributed by atoms with Crippen LogP contribution in [0.2, 0.25) is 0 Å². The molecule has 6 rings (SSSR count). The largest absolute Gasteiger partial charge is 0.457 e. The number of imide groups is 2. The normalized spacial score (nSPS) is 15.0. The van der Waals surface area contributed by atoms with Crippen LogP contribution in [-0.2, 0) is 47.3 Å². The summed E-state index contributed by atoms with van der Waals surface area (Å²) >= 11 is 0. The highest BCUT2D eigenvalue weighted by molar-refractivity contribution is 6.28. The number of amides is 4. The van der Waals surface area contributed by atoms with Gasteiger partial charge in [-0.05, 0) is 87.7 Å². The predicted molar refractivity (Wildman–Crippen MR) is 227 cm³/mol. The topological polar surface area (TPSA) is 93.2 Å². The van der Waals surface area contributed by atoms with Crippen molar-refractivity contribution >= 4 is 35.0 Å². The first-order valence-corrected chi connectivity index (χ1v) is 19.5. The van der Waals surface area contributed by atoms with E-state index in [-0.39, 0.29) is 45.3 Å². The average Bonchev–Trinajstić information content (AvgIpc) is 3.62. The van der Waals surface area contributed by atoms with Gasteiger partial charge in [0.25, 0.3) is 23.6 Å². The SMILES string of the molecule is CC(C)(C)c1cc(Cc2cc(C(C)(C)C)c(Oc3ccc(N4C(=O)C=CC4=O)cc3)c(C(C)(C)C)c2)cc(C(C)(C)C)c1Oc1ccc(N2C(=O)C=CC2=O)cc1. The summed E-state index contributed by atoms with van der Waals surface area (Å²) in [6.07, 6.45) is 5.79. The molecule has 0 saturated heterocycles. The molecular weight excluding hydrogens is 713 g/mol. The summed E-state index contributed by atoms with van der Waals surface area (Å²) in [7, 11) is 0. The number of hydrogen-bond donors (Lipinski definition) is 0. The van der Waals surface area contributed by atoms with Crippen molar-refractivity contribution in [1.29, 1.82) is 0 Å². The summed E-state index contributed by atoms with van der Waals surface area (Å²) in [5, 5.41) is 0. The standard InChI is InChI=1S/C49H54N2O6/c1-46(2,3)36-26-30(27-37(47(4,5)6)44(36)56-34-17-13-32(14-18-34)50-40(52)21-22-41(50)53)25-31-28-38(48(7,8)9)45(39(29-31)49(10,11)12)57-35-19-15-33(16-20-35)51-42(54)23-24-43(51)55/h13-24,26-29H,25H2,1-12H3. The Labute approximate surface area is 337 Å². The second-order valence-electron chi connectivity index (χ2n) is 19.1. The number of hydrogen-bond acceptors (Lipinski definition) is 6. The molecule has 0 saturated carbocycles. The molecular formula is C49H54N2O6. The molecule has 0 bridgehead atoms. The Balaban J connectivity index is 1.39. The van der Waals surface area contributed by atoms with Crippen molar-refractivity contribution in [2.75, 3.05) is 9.80 Å². The Morgan fingerprint density at radius 3 is 0.877 bits per heavy atom. The zero-order chi connectivity index (χ0) is 41.8. The van der Waals surface area contributed by atoms with Crippen LogP contribution in [0.1, 0.15) is 116 Å². The number of anilines is 2. The van der Waals surface area contributed by atoms with E-state index in [4.69, 9.17) is 9.47 Å². The molecule has 4 aromatic carbocycles. The van der Waals surface area contributed by atoms with E-state index in [9.17, 15) is 19.2 Å². The Morgan fingerprint density at radius 1 is 0.404 bits per heavy atom. The van der Waals surface area contributed by atoms with E-state index < -0.39 is 0 Å². The van der Waals surface area contributed by atoms with E-state index in [0.717, 1.165) is 54.7 Å². The first kappa shape index (κ1) is 40.9. The van der Waals surface area contributed by atoms with Crippen LogP contribution in [-0.4, -0.2) is 23.6 Å². The third kappa shape index (κ3) is 8.65. The van der Waals surface area contributed by atoms with E-state index in [1.165, 1.54) is 24.3 Å². The lowest BCUT2D eigenvalue weighted by Crippen LogP contribution is -2.29. The van der Waals surface area contributed by atoms with Gasteiger partial charge in [0.2, 0.25) is 0 Å². The molecule has 2 aliphatic heterocycles. The molecule has 0 N–H and O–H groups in total. The van der Waals surface area contributed by atoms with E-state index in [1.807, 2.05) is 0 Å². The molecule has 8 heteroatoms. The fraction of sp³-hybridized carbons (Fsp3) is 0.347. The van der Waals surface area contributed by atoms with Gasteiger partial charge in [-0.25, -0.2) is 9.80 Å². The minimum atomic E-state index is -0.360. The molecule has 0 atom stereocenters. The summed E-state index contributed by atoms with van der Waals surface area (Å²) in [6, 6.07) is 23.2. The first-order chi connectivity index (χ1) is 26.4. The average molecular weight is 767 g/mol. The fourth-order valence-corrected chi connectivity index (χ4v) is 7.14. The monoisotopic (exact) mass is 766 g/mol. The maximum Gasteiger partial charge on any atom is 0.258 e. The maximum absolute atomic E-state index is 12.3. The number of carbonyl (C=O) groups excluding carboxylic acids is 4. The smallest absolute Gasteiger partial charge is 0.258 e. The Morgan fingerprint density at radius 2 is 0.649 bits per heavy atom. The van der Waals surface area contributed by atoms with Gasteiger partial charge < -0.3 is 9.47 Å². The molecule has 57 heavy (non-hydrogen) atoms. The van der Waals surface area contributed by atoms with Gasteiger partial charge in [-0.1, -0.05) is 107 Å². The van der Waals surface area contributed by atoms with Crippen molar-refractivity contribution in [3.63, 3.8) is 0 Å². The van der Waals surface area contributed by atoms with E-state index in [1.54, 1.807) is 48.5 Å². The highest BCUT2D eigenvalue weighted by Crippen LogP contribution is 2.46. The predicted octanol–water partition coefficient (Wildman–Crippen LogP) is 10.9. The van der Waals surface area contributed by atoms with Gasteiger partial charge >= 0.3 is 0 Å². The summed E-state index contributed by atoms with van der Waals surface area (Å²) in [5.74, 6) is 1.38. The van der Waals surface area contributed by atoms with Crippen molar-refractivity contribution in [2.45, 2.75) is 111 Å². The van der Waals surface area contributed by atoms with E-state index >= 15 is 0 Å². The zero-order valence-electron chi connectivity index (χ0n) is 35.3. The summed E-state index contributed by atoms with van der Waals surface area (Å²) in [4.78, 5) is 51.4. The van der Waals surface area contributed by atoms with Crippen molar-refractivity contribution in [1.82, 2.24) is 0 Å². The van der Waals surface area contributed by atoms with Gasteiger partial charge in [-0.15, -0.1) is 0 Å². The molecule has 0 unspecified atom stereocenters. The minimum Gasteiger partial charge on any atom is -0.457 e. The summed E-state index contributed by atoms with van der Waals surface area (Å²) < 4.78 is 13.5. The van der Waals surface area contributed by atoms with Crippen LogP contribution in [0.3, 0.4) is 0 Å². The van der Waals surface area contributed by atoms with Gasteiger partial charge in [0.05, 0.1) is 11.4 Å². The lowest BCUT2D eigenvalue weighted by Gasteiger charge is -2.32. The van der Waals surface area contributed by atoms with Gasteiger partial charge in [0.15, 0.2) is 0 Å². The second kappa shape index (κ2) is 14.6. The molecule has 4 amide bonds. The molecule has 0 radical (unpaired) electrons. The van der Waals surface area contributed by atoms with Crippen molar-refractivity contribution in [3.05, 3.63) is 130 Å². The van der Waals surface area contributed by atoms with E-state index in [0.29, 0.717) is 29.3 Å². The second-order valence-corrected chi connectivity index (χ2v) is 19.1. The third-order valence-electron chi connectivity index (χ3n) is 10.2. The minimum absolute atomic E-state index is 0.266. The molecule has 2 heterocycles. The number of rotatable bonds is 8. The highest BCUT2D eigenvalue weighted by atomic mass is 16.5. The summed E-state index contributed by atoms with van der Waals surface area (Å²) in [5.41, 5.74) is 6.55.